The predicted molar refractivity (Wildman–Crippen MR) is 76.5 cm³/mol. The minimum Gasteiger partial charge on any atom is -0.504 e. The lowest BCUT2D eigenvalue weighted by molar-refractivity contribution is -0.119. The van der Waals surface area contributed by atoms with E-state index in [0.29, 0.717) is 0 Å². The van der Waals surface area contributed by atoms with Crippen molar-refractivity contribution in [1.29, 1.82) is 0 Å². The second-order valence-electron chi connectivity index (χ2n) is 3.92. The Morgan fingerprint density at radius 2 is 2.10 bits per heavy atom. The molecule has 9 heteroatoms. The predicted octanol–water partition coefficient (Wildman–Crippen LogP) is 3.14. The first kappa shape index (κ1) is 14.9. The molecule has 2 aromatic rings. The summed E-state index contributed by atoms with van der Waals surface area (Å²) >= 11 is 17.6. The number of phenolic OH excluding ortho intramolecular Hbond substituents is 1. The van der Waals surface area contributed by atoms with E-state index in [9.17, 15) is 9.90 Å². The maximum absolute atomic E-state index is 12.1. The molecule has 1 amide bonds. The van der Waals surface area contributed by atoms with Crippen molar-refractivity contribution in [3.05, 3.63) is 33.8 Å². The topological polar surface area (TPSA) is 80.0 Å². The van der Waals surface area contributed by atoms with E-state index in [2.05, 4.69) is 15.4 Å². The molecule has 0 bridgehead atoms. The second-order valence-corrected chi connectivity index (χ2v) is 5.11. The first-order chi connectivity index (χ1) is 9.41. The monoisotopic (exact) mass is 334 g/mol. The standard InChI is InChI=1S/C11H9Cl3N4O2/c1-5(18-4-15-3-16-18)11(20)17-9-8(14)6(12)2-7(13)10(9)19/h2-5,19H,1H3,(H,17,20). The number of aromatic hydroxyl groups is 1. The Morgan fingerprint density at radius 3 is 2.70 bits per heavy atom. The molecule has 1 aromatic heterocycles. The summed E-state index contributed by atoms with van der Waals surface area (Å²) in [6.45, 7) is 1.61. The van der Waals surface area contributed by atoms with E-state index in [1.165, 1.54) is 23.4 Å². The third-order valence-electron chi connectivity index (χ3n) is 2.61. The first-order valence-corrected chi connectivity index (χ1v) is 6.56. The van der Waals surface area contributed by atoms with Crippen LogP contribution in [-0.4, -0.2) is 25.8 Å². The number of hydrogen-bond acceptors (Lipinski definition) is 4. The molecule has 106 valence electrons. The Kier molecular flexibility index (Phi) is 4.37. The van der Waals surface area contributed by atoms with Gasteiger partial charge in [0.05, 0.1) is 15.1 Å². The third-order valence-corrected chi connectivity index (χ3v) is 3.68. The molecule has 6 nitrogen and oxygen atoms in total. The molecule has 1 aromatic carbocycles. The molecule has 2 N–H and O–H groups in total. The number of nitrogens with one attached hydrogen (secondary N) is 1. The number of anilines is 1. The highest BCUT2D eigenvalue weighted by Gasteiger charge is 2.21. The number of benzene rings is 1. The van der Waals surface area contributed by atoms with Crippen LogP contribution in [-0.2, 0) is 4.79 Å². The summed E-state index contributed by atoms with van der Waals surface area (Å²) in [6.07, 6.45) is 2.71. The van der Waals surface area contributed by atoms with Crippen molar-refractivity contribution >= 4 is 46.4 Å². The van der Waals surface area contributed by atoms with Gasteiger partial charge in [-0.3, -0.25) is 4.79 Å². The zero-order valence-electron chi connectivity index (χ0n) is 10.1. The highest BCUT2D eigenvalue weighted by Crippen LogP contribution is 2.42. The van der Waals surface area contributed by atoms with Crippen LogP contribution in [0.2, 0.25) is 15.1 Å². The fourth-order valence-corrected chi connectivity index (χ4v) is 2.12. The third kappa shape index (κ3) is 2.82. The molecule has 0 aliphatic rings. The van der Waals surface area contributed by atoms with Gasteiger partial charge in [-0.25, -0.2) is 9.67 Å². The normalized spacial score (nSPS) is 12.2. The van der Waals surface area contributed by atoms with Crippen LogP contribution < -0.4 is 5.32 Å². The van der Waals surface area contributed by atoms with Crippen LogP contribution in [0.15, 0.2) is 18.7 Å². The van der Waals surface area contributed by atoms with Gasteiger partial charge in [0.25, 0.3) is 0 Å². The van der Waals surface area contributed by atoms with Crippen LogP contribution in [0, 0.1) is 0 Å². The number of rotatable bonds is 3. The summed E-state index contributed by atoms with van der Waals surface area (Å²) in [5.74, 6) is -0.800. The number of nitrogens with zero attached hydrogens (tertiary/aromatic N) is 3. The Labute approximate surface area is 129 Å². The van der Waals surface area contributed by atoms with Crippen LogP contribution in [0.25, 0.3) is 0 Å². The van der Waals surface area contributed by atoms with Crippen LogP contribution in [0.3, 0.4) is 0 Å². The van der Waals surface area contributed by atoms with Crippen molar-refractivity contribution < 1.29 is 9.90 Å². The number of halogens is 3. The SMILES string of the molecule is CC(C(=O)Nc1c(O)c(Cl)cc(Cl)c1Cl)n1cncn1. The van der Waals surface area contributed by atoms with Gasteiger partial charge in [-0.15, -0.1) is 0 Å². The second kappa shape index (κ2) is 5.87. The van der Waals surface area contributed by atoms with Crippen molar-refractivity contribution in [2.45, 2.75) is 13.0 Å². The molecule has 0 aliphatic carbocycles. The lowest BCUT2D eigenvalue weighted by atomic mass is 10.2. The first-order valence-electron chi connectivity index (χ1n) is 5.43. The average molecular weight is 336 g/mol. The summed E-state index contributed by atoms with van der Waals surface area (Å²) in [6, 6.07) is 0.641. The van der Waals surface area contributed by atoms with Crippen molar-refractivity contribution in [3.63, 3.8) is 0 Å². The number of hydrogen-bond donors (Lipinski definition) is 2. The molecule has 20 heavy (non-hydrogen) atoms. The fourth-order valence-electron chi connectivity index (χ4n) is 1.46. The van der Waals surface area contributed by atoms with Gasteiger partial charge in [0.15, 0.2) is 5.75 Å². The van der Waals surface area contributed by atoms with E-state index in [0.717, 1.165) is 0 Å². The van der Waals surface area contributed by atoms with E-state index < -0.39 is 11.9 Å². The van der Waals surface area contributed by atoms with E-state index in [-0.39, 0.29) is 26.5 Å². The summed E-state index contributed by atoms with van der Waals surface area (Å²) in [5, 5.41) is 16.3. The molecule has 0 spiro atoms. The van der Waals surface area contributed by atoms with Gasteiger partial charge in [0.2, 0.25) is 5.91 Å². The number of amides is 1. The smallest absolute Gasteiger partial charge is 0.249 e. The summed E-state index contributed by atoms with van der Waals surface area (Å²) in [4.78, 5) is 15.8. The van der Waals surface area contributed by atoms with Crippen LogP contribution >= 0.6 is 34.8 Å². The van der Waals surface area contributed by atoms with Gasteiger partial charge in [-0.2, -0.15) is 5.10 Å². The van der Waals surface area contributed by atoms with Crippen molar-refractivity contribution in [3.8, 4) is 5.75 Å². The van der Waals surface area contributed by atoms with Crippen LogP contribution in [0.4, 0.5) is 5.69 Å². The molecule has 0 aliphatic heterocycles. The molecular weight excluding hydrogens is 327 g/mol. The highest BCUT2D eigenvalue weighted by atomic mass is 35.5. The summed E-state index contributed by atoms with van der Waals surface area (Å²) in [5.41, 5.74) is -0.0406. The van der Waals surface area contributed by atoms with Gasteiger partial charge in [-0.1, -0.05) is 34.8 Å². The lowest BCUT2D eigenvalue weighted by Gasteiger charge is -2.15. The fraction of sp³-hybridized carbons (Fsp3) is 0.182. The molecule has 0 saturated heterocycles. The highest BCUT2D eigenvalue weighted by molar-refractivity contribution is 6.46. The number of phenols is 1. The molecule has 0 radical (unpaired) electrons. The van der Waals surface area contributed by atoms with Crippen LogP contribution in [0.1, 0.15) is 13.0 Å². The zero-order valence-corrected chi connectivity index (χ0v) is 12.4. The summed E-state index contributed by atoms with van der Waals surface area (Å²) < 4.78 is 1.35. The van der Waals surface area contributed by atoms with Gasteiger partial charge in [-0.05, 0) is 13.0 Å². The van der Waals surface area contributed by atoms with Crippen molar-refractivity contribution in [2.75, 3.05) is 5.32 Å². The zero-order chi connectivity index (χ0) is 14.9. The van der Waals surface area contributed by atoms with Crippen LogP contribution in [0.5, 0.6) is 5.75 Å². The maximum atomic E-state index is 12.1. The molecule has 2 rings (SSSR count). The Hall–Kier alpha value is -1.50. The van der Waals surface area contributed by atoms with Gasteiger partial charge in [0, 0.05) is 0 Å². The van der Waals surface area contributed by atoms with Crippen molar-refractivity contribution in [2.24, 2.45) is 0 Å². The Balaban J connectivity index is 2.29. The maximum Gasteiger partial charge on any atom is 0.249 e. The average Bonchev–Trinajstić information content (AvgIpc) is 2.94. The molecule has 0 saturated carbocycles. The number of aromatic nitrogens is 3. The van der Waals surface area contributed by atoms with Gasteiger partial charge >= 0.3 is 0 Å². The van der Waals surface area contributed by atoms with E-state index in [1.54, 1.807) is 6.92 Å². The molecule has 1 atom stereocenters. The van der Waals surface area contributed by atoms with Gasteiger partial charge in [0.1, 0.15) is 24.4 Å². The largest absolute Gasteiger partial charge is 0.504 e. The van der Waals surface area contributed by atoms with Gasteiger partial charge < -0.3 is 10.4 Å². The molecule has 1 unspecified atom stereocenters. The molecular formula is C11H9Cl3N4O2. The van der Waals surface area contributed by atoms with E-state index in [4.69, 9.17) is 34.8 Å². The molecule has 0 fully saturated rings. The number of carbonyl (C=O) groups is 1. The Bertz CT molecular complexity index is 619. The number of carbonyl (C=O) groups excluding carboxylic acids is 1. The molecule has 1 heterocycles. The minimum atomic E-state index is -0.647. The van der Waals surface area contributed by atoms with Crippen molar-refractivity contribution in [1.82, 2.24) is 14.8 Å². The quantitative estimate of drug-likeness (QED) is 0.667. The van der Waals surface area contributed by atoms with E-state index >= 15 is 0 Å². The Morgan fingerprint density at radius 1 is 1.40 bits per heavy atom. The van der Waals surface area contributed by atoms with E-state index in [1.807, 2.05) is 0 Å². The minimum absolute atomic E-state index is 0.00714. The lowest BCUT2D eigenvalue weighted by Crippen LogP contribution is -2.24. The summed E-state index contributed by atoms with van der Waals surface area (Å²) in [7, 11) is 0.